The quantitative estimate of drug-likeness (QED) is 0.639. The number of esters is 1. The van der Waals surface area contributed by atoms with Crippen LogP contribution >= 0.6 is 11.3 Å². The third kappa shape index (κ3) is 2.77. The Bertz CT molecular complexity index is 450. The number of aliphatic hydroxyl groups is 3. The van der Waals surface area contributed by atoms with Gasteiger partial charge in [0.15, 0.2) is 5.69 Å². The predicted molar refractivity (Wildman–Crippen MR) is 64.8 cm³/mol. The van der Waals surface area contributed by atoms with Gasteiger partial charge in [0.2, 0.25) is 0 Å². The number of carbonyl (C=O) groups is 1. The van der Waals surface area contributed by atoms with Crippen molar-refractivity contribution in [2.75, 3.05) is 13.2 Å². The van der Waals surface area contributed by atoms with Crippen LogP contribution in [0.1, 0.15) is 28.5 Å². The summed E-state index contributed by atoms with van der Waals surface area (Å²) < 4.78 is 10.1. The van der Waals surface area contributed by atoms with Crippen molar-refractivity contribution in [2.45, 2.75) is 31.3 Å². The molecular formula is C11H15NO6S. The van der Waals surface area contributed by atoms with Crippen molar-refractivity contribution >= 4 is 17.3 Å². The van der Waals surface area contributed by atoms with Gasteiger partial charge < -0.3 is 24.8 Å². The Morgan fingerprint density at radius 2 is 2.26 bits per heavy atom. The molecule has 19 heavy (non-hydrogen) atoms. The van der Waals surface area contributed by atoms with Crippen molar-refractivity contribution in [1.82, 2.24) is 4.98 Å². The van der Waals surface area contributed by atoms with Gasteiger partial charge in [-0.2, -0.15) is 0 Å². The number of nitrogens with zero attached hydrogens (tertiary/aromatic N) is 1. The number of hydrogen-bond donors (Lipinski definition) is 3. The van der Waals surface area contributed by atoms with Crippen LogP contribution in [0.3, 0.4) is 0 Å². The molecule has 0 amide bonds. The Morgan fingerprint density at radius 3 is 2.84 bits per heavy atom. The number of hydrogen-bond acceptors (Lipinski definition) is 8. The molecule has 1 aliphatic rings. The monoisotopic (exact) mass is 289 g/mol. The molecule has 0 aliphatic carbocycles. The molecule has 7 nitrogen and oxygen atoms in total. The van der Waals surface area contributed by atoms with Crippen LogP contribution < -0.4 is 0 Å². The lowest BCUT2D eigenvalue weighted by Gasteiger charge is -2.11. The third-order valence-corrected chi connectivity index (χ3v) is 3.70. The van der Waals surface area contributed by atoms with E-state index in [1.54, 1.807) is 6.92 Å². The zero-order valence-electron chi connectivity index (χ0n) is 10.2. The Labute approximate surface area is 113 Å². The SMILES string of the molecule is CCOC(=O)c1csc([C@H]2O[C@@H](CO)[C@H](O)[C@@H]2O)n1. The Kier molecular flexibility index (Phi) is 4.48. The van der Waals surface area contributed by atoms with E-state index in [1.165, 1.54) is 5.38 Å². The van der Waals surface area contributed by atoms with E-state index in [4.69, 9.17) is 14.6 Å². The number of ether oxygens (including phenoxy) is 2. The molecule has 2 rings (SSSR count). The lowest BCUT2D eigenvalue weighted by molar-refractivity contribution is -0.0228. The van der Waals surface area contributed by atoms with Crippen LogP contribution in [0.2, 0.25) is 0 Å². The van der Waals surface area contributed by atoms with Gasteiger partial charge in [-0.3, -0.25) is 0 Å². The second-order valence-electron chi connectivity index (χ2n) is 4.05. The van der Waals surface area contributed by atoms with Gasteiger partial charge in [-0.05, 0) is 6.92 Å². The maximum absolute atomic E-state index is 11.5. The van der Waals surface area contributed by atoms with E-state index in [2.05, 4.69) is 4.98 Å². The molecule has 0 bridgehead atoms. The van der Waals surface area contributed by atoms with E-state index in [0.29, 0.717) is 5.01 Å². The summed E-state index contributed by atoms with van der Waals surface area (Å²) in [7, 11) is 0. The van der Waals surface area contributed by atoms with Crippen molar-refractivity contribution in [3.63, 3.8) is 0 Å². The molecule has 8 heteroatoms. The summed E-state index contributed by atoms with van der Waals surface area (Å²) in [6.45, 7) is 1.54. The first kappa shape index (κ1) is 14.4. The van der Waals surface area contributed by atoms with Crippen LogP contribution in [0.25, 0.3) is 0 Å². The molecule has 1 aromatic rings. The van der Waals surface area contributed by atoms with Crippen LogP contribution in [0.4, 0.5) is 0 Å². The molecule has 0 radical (unpaired) electrons. The van der Waals surface area contributed by atoms with E-state index in [-0.39, 0.29) is 12.3 Å². The highest BCUT2D eigenvalue weighted by molar-refractivity contribution is 7.09. The first-order valence-electron chi connectivity index (χ1n) is 5.83. The van der Waals surface area contributed by atoms with E-state index in [1.807, 2.05) is 0 Å². The Morgan fingerprint density at radius 1 is 1.53 bits per heavy atom. The van der Waals surface area contributed by atoms with E-state index >= 15 is 0 Å². The molecule has 0 unspecified atom stereocenters. The van der Waals surface area contributed by atoms with Crippen LogP contribution in [0.5, 0.6) is 0 Å². The van der Waals surface area contributed by atoms with E-state index in [0.717, 1.165) is 11.3 Å². The molecule has 1 fully saturated rings. The molecule has 106 valence electrons. The van der Waals surface area contributed by atoms with Gasteiger partial charge in [-0.1, -0.05) is 0 Å². The highest BCUT2D eigenvalue weighted by Gasteiger charge is 2.44. The van der Waals surface area contributed by atoms with Crippen molar-refractivity contribution in [3.8, 4) is 0 Å². The summed E-state index contributed by atoms with van der Waals surface area (Å²) in [4.78, 5) is 15.5. The fourth-order valence-electron chi connectivity index (χ4n) is 1.82. The average molecular weight is 289 g/mol. The minimum absolute atomic E-state index is 0.139. The van der Waals surface area contributed by atoms with Gasteiger partial charge in [0.1, 0.15) is 29.4 Å². The molecule has 3 N–H and O–H groups in total. The topological polar surface area (TPSA) is 109 Å². The van der Waals surface area contributed by atoms with Crippen LogP contribution in [0.15, 0.2) is 5.38 Å². The van der Waals surface area contributed by atoms with Gasteiger partial charge in [-0.25, -0.2) is 9.78 Å². The molecule has 1 aromatic heterocycles. The summed E-state index contributed by atoms with van der Waals surface area (Å²) in [6, 6.07) is 0. The number of aromatic nitrogens is 1. The van der Waals surface area contributed by atoms with E-state index in [9.17, 15) is 15.0 Å². The first-order chi connectivity index (χ1) is 9.08. The fourth-order valence-corrected chi connectivity index (χ4v) is 2.68. The Hall–Kier alpha value is -1.06. The van der Waals surface area contributed by atoms with Gasteiger partial charge in [0, 0.05) is 5.38 Å². The smallest absolute Gasteiger partial charge is 0.357 e. The normalized spacial score (nSPS) is 30.5. The second kappa shape index (κ2) is 5.93. The minimum Gasteiger partial charge on any atom is -0.461 e. The zero-order chi connectivity index (χ0) is 14.0. The van der Waals surface area contributed by atoms with Gasteiger partial charge >= 0.3 is 5.97 Å². The standard InChI is InChI=1S/C11H15NO6S/c1-2-17-11(16)5-4-19-10(12-5)9-8(15)7(14)6(3-13)18-9/h4,6-9,13-15H,2-3H2,1H3/t6-,7-,8-,9-/m0/s1. The minimum atomic E-state index is -1.18. The molecule has 2 heterocycles. The summed E-state index contributed by atoms with van der Waals surface area (Å²) >= 11 is 1.13. The largest absolute Gasteiger partial charge is 0.461 e. The lowest BCUT2D eigenvalue weighted by atomic mass is 10.1. The van der Waals surface area contributed by atoms with Crippen LogP contribution in [0, 0.1) is 0 Å². The van der Waals surface area contributed by atoms with Crippen molar-refractivity contribution in [3.05, 3.63) is 16.1 Å². The van der Waals surface area contributed by atoms with Crippen molar-refractivity contribution < 1.29 is 29.6 Å². The molecule has 0 saturated carbocycles. The fraction of sp³-hybridized carbons (Fsp3) is 0.636. The summed E-state index contributed by atoms with van der Waals surface area (Å²) in [5.41, 5.74) is 0.139. The third-order valence-electron chi connectivity index (χ3n) is 2.79. The van der Waals surface area contributed by atoms with E-state index < -0.39 is 37.0 Å². The number of aliphatic hydroxyl groups excluding tert-OH is 3. The zero-order valence-corrected chi connectivity index (χ0v) is 11.0. The van der Waals surface area contributed by atoms with Gasteiger partial charge in [0.25, 0.3) is 0 Å². The van der Waals surface area contributed by atoms with Crippen LogP contribution in [-0.4, -0.2) is 57.8 Å². The predicted octanol–water partition coefficient (Wildman–Crippen LogP) is -0.526. The molecular weight excluding hydrogens is 274 g/mol. The van der Waals surface area contributed by atoms with Crippen molar-refractivity contribution in [1.29, 1.82) is 0 Å². The highest BCUT2D eigenvalue weighted by Crippen LogP contribution is 2.35. The molecule has 0 aromatic carbocycles. The average Bonchev–Trinajstić information content (AvgIpc) is 2.97. The Balaban J connectivity index is 2.13. The maximum atomic E-state index is 11.5. The summed E-state index contributed by atoms with van der Waals surface area (Å²) in [5.74, 6) is -0.545. The van der Waals surface area contributed by atoms with Crippen LogP contribution in [-0.2, 0) is 9.47 Å². The maximum Gasteiger partial charge on any atom is 0.357 e. The second-order valence-corrected chi connectivity index (χ2v) is 4.94. The van der Waals surface area contributed by atoms with Crippen molar-refractivity contribution in [2.24, 2.45) is 0 Å². The number of carbonyl (C=O) groups excluding carboxylic acids is 1. The number of thiazole rings is 1. The summed E-state index contributed by atoms with van der Waals surface area (Å²) in [6.07, 6.45) is -4.06. The molecule has 1 aliphatic heterocycles. The highest BCUT2D eigenvalue weighted by atomic mass is 32.1. The number of rotatable bonds is 4. The molecule has 4 atom stereocenters. The molecule has 0 spiro atoms. The first-order valence-corrected chi connectivity index (χ1v) is 6.71. The lowest BCUT2D eigenvalue weighted by Crippen LogP contribution is -2.32. The van der Waals surface area contributed by atoms with Gasteiger partial charge in [-0.15, -0.1) is 11.3 Å². The molecule has 1 saturated heterocycles. The summed E-state index contributed by atoms with van der Waals surface area (Å²) in [5, 5.41) is 30.3. The van der Waals surface area contributed by atoms with Gasteiger partial charge in [0.05, 0.1) is 13.2 Å².